The van der Waals surface area contributed by atoms with E-state index < -0.39 is 5.97 Å². The van der Waals surface area contributed by atoms with Gasteiger partial charge < -0.3 is 4.74 Å². The fourth-order valence-electron chi connectivity index (χ4n) is 1.80. The lowest BCUT2D eigenvalue weighted by Crippen LogP contribution is -2.10. The summed E-state index contributed by atoms with van der Waals surface area (Å²) in [4.78, 5) is 12.0. The highest BCUT2D eigenvalue weighted by molar-refractivity contribution is 5.91. The van der Waals surface area contributed by atoms with Crippen molar-refractivity contribution in [1.29, 1.82) is 0 Å². The molecule has 0 heterocycles. The maximum absolute atomic E-state index is 12.8. The topological polar surface area (TPSA) is 26.3 Å². The number of hydrogen-bond donors (Lipinski definition) is 0. The van der Waals surface area contributed by atoms with E-state index in [1.54, 1.807) is 6.07 Å². The second kappa shape index (κ2) is 5.65. The Morgan fingerprint density at radius 2 is 1.68 bits per heavy atom. The Hall–Kier alpha value is -2.16. The highest BCUT2D eigenvalue weighted by Crippen LogP contribution is 2.26. The second-order valence-electron chi connectivity index (χ2n) is 4.59. The third-order valence-corrected chi connectivity index (χ3v) is 2.82. The average molecular weight is 258 g/mol. The average Bonchev–Trinajstić information content (AvgIpc) is 2.39. The minimum atomic E-state index is -0.479. The zero-order chi connectivity index (χ0) is 13.8. The maximum atomic E-state index is 12.8. The molecule has 3 heteroatoms. The molecule has 0 fully saturated rings. The predicted octanol–water partition coefficient (Wildman–Crippen LogP) is 4.17. The normalized spacial score (nSPS) is 10.5. The molecule has 19 heavy (non-hydrogen) atoms. The number of rotatable bonds is 3. The predicted molar refractivity (Wildman–Crippen MR) is 71.9 cm³/mol. The van der Waals surface area contributed by atoms with E-state index in [1.807, 2.05) is 32.0 Å². The van der Waals surface area contributed by atoms with Crippen LogP contribution in [0.15, 0.2) is 48.5 Å². The number of ether oxygens (including phenoxy) is 1. The largest absolute Gasteiger partial charge is 0.423 e. The first-order valence-electron chi connectivity index (χ1n) is 6.14. The van der Waals surface area contributed by atoms with Gasteiger partial charge in [0, 0.05) is 0 Å². The van der Waals surface area contributed by atoms with Gasteiger partial charge in [0.05, 0.1) is 5.56 Å². The van der Waals surface area contributed by atoms with Crippen molar-refractivity contribution in [2.24, 2.45) is 0 Å². The van der Waals surface area contributed by atoms with E-state index in [0.29, 0.717) is 11.3 Å². The Labute approximate surface area is 111 Å². The van der Waals surface area contributed by atoms with Crippen molar-refractivity contribution >= 4 is 5.97 Å². The zero-order valence-electron chi connectivity index (χ0n) is 10.9. The van der Waals surface area contributed by atoms with Gasteiger partial charge in [-0.3, -0.25) is 0 Å². The van der Waals surface area contributed by atoms with Gasteiger partial charge in [0.15, 0.2) is 0 Å². The number of carbonyl (C=O) groups excluding carboxylic acids is 1. The smallest absolute Gasteiger partial charge is 0.343 e. The minimum absolute atomic E-state index is 0.261. The van der Waals surface area contributed by atoms with E-state index in [1.165, 1.54) is 24.3 Å². The van der Waals surface area contributed by atoms with Crippen LogP contribution in [0.1, 0.15) is 35.7 Å². The molecule has 0 saturated carbocycles. The Morgan fingerprint density at radius 1 is 1.05 bits per heavy atom. The summed E-state index contributed by atoms with van der Waals surface area (Å²) >= 11 is 0. The summed E-state index contributed by atoms with van der Waals surface area (Å²) in [6.07, 6.45) is 0. The van der Waals surface area contributed by atoms with Crippen molar-refractivity contribution in [3.63, 3.8) is 0 Å². The van der Waals surface area contributed by atoms with Crippen molar-refractivity contribution in [3.8, 4) is 5.75 Å². The molecule has 0 radical (unpaired) electrons. The van der Waals surface area contributed by atoms with Gasteiger partial charge in [-0.25, -0.2) is 9.18 Å². The first-order valence-corrected chi connectivity index (χ1v) is 6.14. The Balaban J connectivity index is 2.22. The molecule has 98 valence electrons. The molecule has 0 aliphatic rings. The third kappa shape index (κ3) is 3.19. The molecule has 0 aliphatic heterocycles. The molecule has 0 unspecified atom stereocenters. The van der Waals surface area contributed by atoms with Crippen molar-refractivity contribution in [2.75, 3.05) is 0 Å². The van der Waals surface area contributed by atoms with Crippen LogP contribution in [0.25, 0.3) is 0 Å². The van der Waals surface area contributed by atoms with Gasteiger partial charge in [-0.05, 0) is 41.8 Å². The van der Waals surface area contributed by atoms with Crippen LogP contribution in [0, 0.1) is 5.82 Å². The lowest BCUT2D eigenvalue weighted by atomic mass is 10.0. The molecule has 0 aliphatic carbocycles. The first-order chi connectivity index (χ1) is 9.08. The fraction of sp³-hybridized carbons (Fsp3) is 0.188. The van der Waals surface area contributed by atoms with Crippen LogP contribution in [0.3, 0.4) is 0 Å². The maximum Gasteiger partial charge on any atom is 0.343 e. The van der Waals surface area contributed by atoms with Gasteiger partial charge in [0.25, 0.3) is 0 Å². The van der Waals surface area contributed by atoms with E-state index in [9.17, 15) is 9.18 Å². The molecule has 2 nitrogen and oxygen atoms in total. The number of halogens is 1. The monoisotopic (exact) mass is 258 g/mol. The van der Waals surface area contributed by atoms with Crippen LogP contribution >= 0.6 is 0 Å². The zero-order valence-corrected chi connectivity index (χ0v) is 10.9. The molecule has 0 aromatic heterocycles. The van der Waals surface area contributed by atoms with Gasteiger partial charge in [-0.2, -0.15) is 0 Å². The fourth-order valence-corrected chi connectivity index (χ4v) is 1.80. The molecule has 0 amide bonds. The summed E-state index contributed by atoms with van der Waals surface area (Å²) < 4.78 is 18.2. The van der Waals surface area contributed by atoms with Crippen LogP contribution in [-0.2, 0) is 0 Å². The SMILES string of the molecule is CC(C)c1ccccc1OC(=O)c1ccc(F)cc1. The van der Waals surface area contributed by atoms with Gasteiger partial charge in [0.1, 0.15) is 11.6 Å². The molecule has 2 aromatic carbocycles. The van der Waals surface area contributed by atoms with Gasteiger partial charge >= 0.3 is 5.97 Å². The van der Waals surface area contributed by atoms with Gasteiger partial charge in [-0.15, -0.1) is 0 Å². The van der Waals surface area contributed by atoms with Crippen molar-refractivity contribution in [1.82, 2.24) is 0 Å². The van der Waals surface area contributed by atoms with Crippen LogP contribution in [-0.4, -0.2) is 5.97 Å². The third-order valence-electron chi connectivity index (χ3n) is 2.82. The summed E-state index contributed by atoms with van der Waals surface area (Å²) in [5, 5.41) is 0. The van der Waals surface area contributed by atoms with E-state index in [4.69, 9.17) is 4.74 Å². The Morgan fingerprint density at radius 3 is 2.32 bits per heavy atom. The highest BCUT2D eigenvalue weighted by atomic mass is 19.1. The van der Waals surface area contributed by atoms with E-state index in [0.717, 1.165) is 5.56 Å². The van der Waals surface area contributed by atoms with Crippen LogP contribution in [0.2, 0.25) is 0 Å². The van der Waals surface area contributed by atoms with Crippen LogP contribution in [0.5, 0.6) is 5.75 Å². The van der Waals surface area contributed by atoms with Crippen molar-refractivity contribution < 1.29 is 13.9 Å². The molecule has 0 saturated heterocycles. The molecule has 2 aromatic rings. The summed E-state index contributed by atoms with van der Waals surface area (Å²) in [6.45, 7) is 4.06. The molecule has 0 N–H and O–H groups in total. The van der Waals surface area contributed by atoms with E-state index in [2.05, 4.69) is 0 Å². The summed E-state index contributed by atoms with van der Waals surface area (Å²) in [5.41, 5.74) is 1.30. The lowest BCUT2D eigenvalue weighted by molar-refractivity contribution is 0.0733. The van der Waals surface area contributed by atoms with Gasteiger partial charge in [-0.1, -0.05) is 32.0 Å². The second-order valence-corrected chi connectivity index (χ2v) is 4.59. The first kappa shape index (κ1) is 13.3. The lowest BCUT2D eigenvalue weighted by Gasteiger charge is -2.12. The molecular weight excluding hydrogens is 243 g/mol. The highest BCUT2D eigenvalue weighted by Gasteiger charge is 2.13. The standard InChI is InChI=1S/C16H15FO2/c1-11(2)14-5-3-4-6-15(14)19-16(18)12-7-9-13(17)10-8-12/h3-11H,1-2H3. The van der Waals surface area contributed by atoms with E-state index >= 15 is 0 Å². The Bertz CT molecular complexity index is 574. The number of para-hydroxylation sites is 1. The van der Waals surface area contributed by atoms with Crippen molar-refractivity contribution in [3.05, 3.63) is 65.5 Å². The summed E-state index contributed by atoms with van der Waals surface area (Å²) in [7, 11) is 0. The molecule has 2 rings (SSSR count). The molecule has 0 atom stereocenters. The number of esters is 1. The molecular formula is C16H15FO2. The van der Waals surface area contributed by atoms with Gasteiger partial charge in [0.2, 0.25) is 0 Å². The van der Waals surface area contributed by atoms with Crippen LogP contribution < -0.4 is 4.74 Å². The van der Waals surface area contributed by atoms with E-state index in [-0.39, 0.29) is 11.7 Å². The number of benzene rings is 2. The number of carbonyl (C=O) groups is 1. The molecule has 0 bridgehead atoms. The molecule has 0 spiro atoms. The van der Waals surface area contributed by atoms with Crippen molar-refractivity contribution in [2.45, 2.75) is 19.8 Å². The summed E-state index contributed by atoms with van der Waals surface area (Å²) in [6, 6.07) is 12.7. The van der Waals surface area contributed by atoms with Crippen LogP contribution in [0.4, 0.5) is 4.39 Å². The quantitative estimate of drug-likeness (QED) is 0.610. The summed E-state index contributed by atoms with van der Waals surface area (Å²) in [5.74, 6) is -0.0451. The number of hydrogen-bond acceptors (Lipinski definition) is 2. The Kier molecular flexibility index (Phi) is 3.95. The minimum Gasteiger partial charge on any atom is -0.423 e.